The highest BCUT2D eigenvalue weighted by molar-refractivity contribution is 7.86. The van der Waals surface area contributed by atoms with E-state index >= 15 is 0 Å². The molecule has 2 rings (SSSR count). The van der Waals surface area contributed by atoms with Crippen LogP contribution in [0.4, 0.5) is 0 Å². The average molecular weight is 443 g/mol. The largest absolute Gasteiger partial charge is 0.378 e. The van der Waals surface area contributed by atoms with Gasteiger partial charge in [-0.3, -0.25) is 9.11 Å². The van der Waals surface area contributed by atoms with E-state index in [2.05, 4.69) is 0 Å². The zero-order valence-corrected chi connectivity index (χ0v) is 18.4. The van der Waals surface area contributed by atoms with E-state index in [-0.39, 0.29) is 28.9 Å². The van der Waals surface area contributed by atoms with E-state index < -0.39 is 26.2 Å². The third-order valence-corrected chi connectivity index (χ3v) is 6.36. The van der Waals surface area contributed by atoms with Gasteiger partial charge in [-0.05, 0) is 57.4 Å². The third-order valence-electron chi connectivity index (χ3n) is 4.47. The van der Waals surface area contributed by atoms with E-state index in [1.54, 1.807) is 38.1 Å². The summed E-state index contributed by atoms with van der Waals surface area (Å²) >= 11 is 0. The highest BCUT2D eigenvalue weighted by Gasteiger charge is 2.26. The predicted octanol–water partition coefficient (Wildman–Crippen LogP) is 3.55. The van der Waals surface area contributed by atoms with E-state index in [0.29, 0.717) is 11.1 Å². The molecule has 0 spiro atoms. The molecule has 29 heavy (non-hydrogen) atoms. The van der Waals surface area contributed by atoms with Crippen LogP contribution in [-0.2, 0) is 31.4 Å². The first-order chi connectivity index (χ1) is 13.3. The standard InChI is InChI=1S/C20H26O7S2/c1-13(2)27-12-17(18-10-15(4)6-8-20(18)29(24,25)26)11-16-9-14(3)5-7-19(16)28(21,22)23/h5-10,13,17H,11-12H2,1-4H3,(H,21,22,23)(H,24,25,26). The molecule has 0 bridgehead atoms. The zero-order chi connectivity index (χ0) is 22.0. The first kappa shape index (κ1) is 23.5. The second-order valence-electron chi connectivity index (χ2n) is 7.39. The Kier molecular flexibility index (Phi) is 7.23. The Balaban J connectivity index is 2.64. The number of hydrogen-bond donors (Lipinski definition) is 2. The fourth-order valence-electron chi connectivity index (χ4n) is 3.17. The van der Waals surface area contributed by atoms with Crippen molar-refractivity contribution in [3.63, 3.8) is 0 Å². The molecule has 9 heteroatoms. The molecule has 0 heterocycles. The van der Waals surface area contributed by atoms with E-state index in [9.17, 15) is 25.9 Å². The number of benzene rings is 2. The molecular formula is C20H26O7S2. The molecule has 2 N–H and O–H groups in total. The molecule has 7 nitrogen and oxygen atoms in total. The summed E-state index contributed by atoms with van der Waals surface area (Å²) < 4.78 is 72.5. The Labute approximate surface area is 172 Å². The molecule has 0 aliphatic rings. The Morgan fingerprint density at radius 1 is 0.862 bits per heavy atom. The van der Waals surface area contributed by atoms with Crippen molar-refractivity contribution in [3.05, 3.63) is 58.7 Å². The third kappa shape index (κ3) is 6.35. The van der Waals surface area contributed by atoms with E-state index in [1.165, 1.54) is 12.1 Å². The predicted molar refractivity (Wildman–Crippen MR) is 110 cm³/mol. The molecule has 2 aromatic carbocycles. The topological polar surface area (TPSA) is 118 Å². The molecule has 0 aliphatic carbocycles. The van der Waals surface area contributed by atoms with Gasteiger partial charge < -0.3 is 4.74 Å². The van der Waals surface area contributed by atoms with Crippen LogP contribution in [0.2, 0.25) is 0 Å². The maximum atomic E-state index is 11.9. The lowest BCUT2D eigenvalue weighted by Gasteiger charge is -2.23. The number of aryl methyl sites for hydroxylation is 2. The summed E-state index contributed by atoms with van der Waals surface area (Å²) in [6.07, 6.45) is -0.0507. The smallest absolute Gasteiger partial charge is 0.294 e. The second kappa shape index (κ2) is 8.93. The summed E-state index contributed by atoms with van der Waals surface area (Å²) in [5.41, 5.74) is 2.24. The van der Waals surface area contributed by atoms with Gasteiger partial charge in [0.15, 0.2) is 0 Å². The SMILES string of the molecule is Cc1ccc(S(=O)(=O)O)c(CC(COC(C)C)c2cc(C)ccc2S(=O)(=O)O)c1. The molecule has 0 saturated heterocycles. The summed E-state index contributed by atoms with van der Waals surface area (Å²) in [5.74, 6) is -0.573. The fraction of sp³-hybridized carbons (Fsp3) is 0.400. The summed E-state index contributed by atoms with van der Waals surface area (Å²) in [6, 6.07) is 9.06. The van der Waals surface area contributed by atoms with Gasteiger partial charge in [-0.15, -0.1) is 0 Å². The molecule has 0 fully saturated rings. The Bertz CT molecular complexity index is 1090. The lowest BCUT2D eigenvalue weighted by atomic mass is 9.91. The van der Waals surface area contributed by atoms with Crippen LogP contribution in [0.3, 0.4) is 0 Å². The molecular weight excluding hydrogens is 416 g/mol. The first-order valence-corrected chi connectivity index (χ1v) is 11.9. The van der Waals surface area contributed by atoms with Crippen LogP contribution < -0.4 is 0 Å². The molecule has 0 amide bonds. The van der Waals surface area contributed by atoms with Gasteiger partial charge in [0.2, 0.25) is 0 Å². The molecule has 0 radical (unpaired) electrons. The Morgan fingerprint density at radius 3 is 1.90 bits per heavy atom. The zero-order valence-electron chi connectivity index (χ0n) is 16.8. The molecule has 160 valence electrons. The molecule has 0 saturated carbocycles. The monoisotopic (exact) mass is 442 g/mol. The first-order valence-electron chi connectivity index (χ1n) is 9.05. The van der Waals surface area contributed by atoms with Crippen LogP contribution in [0.25, 0.3) is 0 Å². The lowest BCUT2D eigenvalue weighted by molar-refractivity contribution is 0.0667. The summed E-state index contributed by atoms with van der Waals surface area (Å²) in [6.45, 7) is 7.32. The summed E-state index contributed by atoms with van der Waals surface area (Å²) in [4.78, 5) is -0.486. The van der Waals surface area contributed by atoms with Crippen LogP contribution in [0.15, 0.2) is 46.2 Å². The van der Waals surface area contributed by atoms with Crippen LogP contribution in [0.5, 0.6) is 0 Å². The molecule has 1 unspecified atom stereocenters. The van der Waals surface area contributed by atoms with Gasteiger partial charge >= 0.3 is 0 Å². The second-order valence-corrected chi connectivity index (χ2v) is 10.2. The van der Waals surface area contributed by atoms with Gasteiger partial charge in [0.1, 0.15) is 0 Å². The van der Waals surface area contributed by atoms with E-state index in [0.717, 1.165) is 11.1 Å². The van der Waals surface area contributed by atoms with Gasteiger partial charge in [-0.1, -0.05) is 35.4 Å². The molecule has 2 aromatic rings. The van der Waals surface area contributed by atoms with Gasteiger partial charge in [0.25, 0.3) is 20.2 Å². The minimum absolute atomic E-state index is 0.0928. The number of ether oxygens (including phenoxy) is 1. The van der Waals surface area contributed by atoms with Crippen molar-refractivity contribution in [2.24, 2.45) is 0 Å². The van der Waals surface area contributed by atoms with Crippen molar-refractivity contribution in [1.82, 2.24) is 0 Å². The van der Waals surface area contributed by atoms with Crippen molar-refractivity contribution in [2.45, 2.75) is 55.9 Å². The van der Waals surface area contributed by atoms with Gasteiger partial charge in [0, 0.05) is 5.92 Å². The van der Waals surface area contributed by atoms with E-state index in [1.807, 2.05) is 13.8 Å². The van der Waals surface area contributed by atoms with Crippen LogP contribution in [0.1, 0.15) is 42.0 Å². The number of hydrogen-bond acceptors (Lipinski definition) is 5. The maximum absolute atomic E-state index is 11.9. The fourth-order valence-corrected chi connectivity index (χ4v) is 4.65. The maximum Gasteiger partial charge on any atom is 0.294 e. The van der Waals surface area contributed by atoms with Crippen molar-refractivity contribution in [1.29, 1.82) is 0 Å². The van der Waals surface area contributed by atoms with Crippen LogP contribution >= 0.6 is 0 Å². The Hall–Kier alpha value is -1.78. The van der Waals surface area contributed by atoms with Crippen LogP contribution in [-0.4, -0.2) is 38.7 Å². The average Bonchev–Trinajstić information content (AvgIpc) is 2.56. The van der Waals surface area contributed by atoms with Crippen molar-refractivity contribution in [2.75, 3.05) is 6.61 Å². The highest BCUT2D eigenvalue weighted by atomic mass is 32.2. The van der Waals surface area contributed by atoms with Gasteiger partial charge in [-0.25, -0.2) is 0 Å². The van der Waals surface area contributed by atoms with Crippen molar-refractivity contribution >= 4 is 20.2 Å². The Morgan fingerprint density at radius 2 is 1.38 bits per heavy atom. The quantitative estimate of drug-likeness (QED) is 0.600. The van der Waals surface area contributed by atoms with Crippen molar-refractivity contribution in [3.8, 4) is 0 Å². The minimum Gasteiger partial charge on any atom is -0.378 e. The number of rotatable bonds is 8. The molecule has 0 aromatic heterocycles. The minimum atomic E-state index is -4.50. The van der Waals surface area contributed by atoms with Gasteiger partial charge in [-0.2, -0.15) is 16.8 Å². The summed E-state index contributed by atoms with van der Waals surface area (Å²) in [5, 5.41) is 0. The molecule has 1 atom stereocenters. The highest BCUT2D eigenvalue weighted by Crippen LogP contribution is 2.31. The normalized spacial score (nSPS) is 13.6. The van der Waals surface area contributed by atoms with Crippen molar-refractivity contribution < 1.29 is 30.7 Å². The van der Waals surface area contributed by atoms with Crippen LogP contribution in [0, 0.1) is 13.8 Å². The lowest BCUT2D eigenvalue weighted by Crippen LogP contribution is -2.19. The van der Waals surface area contributed by atoms with Gasteiger partial charge in [0.05, 0.1) is 22.5 Å². The van der Waals surface area contributed by atoms with E-state index in [4.69, 9.17) is 4.74 Å². The summed E-state index contributed by atoms with van der Waals surface area (Å²) in [7, 11) is -8.96. The molecule has 0 aliphatic heterocycles.